The number of carboxylic acid groups (broad SMARTS) is 1. The van der Waals surface area contributed by atoms with Crippen molar-refractivity contribution in [3.05, 3.63) is 53.3 Å². The summed E-state index contributed by atoms with van der Waals surface area (Å²) < 4.78 is 1.78. The Kier molecular flexibility index (Phi) is 3.61. The van der Waals surface area contributed by atoms with E-state index in [0.29, 0.717) is 11.4 Å². The standard InChI is InChI=1S/C15H16N2O3/c1-10-8-9-13(16(10)2)14(18)17(3)12-7-5-4-6-11(12)15(19)20/h4-9H,1-3H3,(H,19,20). The zero-order valence-electron chi connectivity index (χ0n) is 11.6. The number of carbonyl (C=O) groups is 2. The summed E-state index contributed by atoms with van der Waals surface area (Å²) in [5.74, 6) is -1.29. The van der Waals surface area contributed by atoms with Crippen molar-refractivity contribution in [2.75, 3.05) is 11.9 Å². The van der Waals surface area contributed by atoms with E-state index >= 15 is 0 Å². The van der Waals surface area contributed by atoms with Gasteiger partial charge in [-0.2, -0.15) is 0 Å². The van der Waals surface area contributed by atoms with Crippen molar-refractivity contribution in [1.82, 2.24) is 4.57 Å². The highest BCUT2D eigenvalue weighted by atomic mass is 16.4. The molecule has 1 amide bonds. The van der Waals surface area contributed by atoms with Crippen LogP contribution in [-0.2, 0) is 7.05 Å². The van der Waals surface area contributed by atoms with Crippen molar-refractivity contribution in [3.8, 4) is 0 Å². The second-order valence-corrected chi connectivity index (χ2v) is 4.61. The molecular weight excluding hydrogens is 256 g/mol. The third-order valence-corrected chi connectivity index (χ3v) is 3.39. The monoisotopic (exact) mass is 272 g/mol. The highest BCUT2D eigenvalue weighted by Gasteiger charge is 2.21. The van der Waals surface area contributed by atoms with Crippen LogP contribution in [0.4, 0.5) is 5.69 Å². The molecule has 0 fully saturated rings. The Bertz CT molecular complexity index is 674. The molecule has 1 aromatic heterocycles. The Morgan fingerprint density at radius 3 is 2.35 bits per heavy atom. The minimum atomic E-state index is -1.05. The predicted octanol–water partition coefficient (Wildman–Crippen LogP) is 2.31. The molecule has 0 saturated carbocycles. The number of nitrogens with zero attached hydrogens (tertiary/aromatic N) is 2. The summed E-state index contributed by atoms with van der Waals surface area (Å²) in [7, 11) is 3.38. The maximum Gasteiger partial charge on any atom is 0.337 e. The summed E-state index contributed by atoms with van der Waals surface area (Å²) in [6.07, 6.45) is 0. The van der Waals surface area contributed by atoms with Crippen molar-refractivity contribution in [2.24, 2.45) is 7.05 Å². The molecule has 5 heteroatoms. The van der Waals surface area contributed by atoms with E-state index < -0.39 is 5.97 Å². The van der Waals surface area contributed by atoms with Crippen molar-refractivity contribution in [2.45, 2.75) is 6.92 Å². The van der Waals surface area contributed by atoms with Gasteiger partial charge >= 0.3 is 5.97 Å². The molecule has 5 nitrogen and oxygen atoms in total. The van der Waals surface area contributed by atoms with Gasteiger partial charge in [0.1, 0.15) is 5.69 Å². The van der Waals surface area contributed by atoms with E-state index in [1.807, 2.05) is 13.0 Å². The number of rotatable bonds is 3. The van der Waals surface area contributed by atoms with Crippen LogP contribution in [0.5, 0.6) is 0 Å². The van der Waals surface area contributed by atoms with Gasteiger partial charge in [-0.1, -0.05) is 12.1 Å². The van der Waals surface area contributed by atoms with Crippen molar-refractivity contribution < 1.29 is 14.7 Å². The molecule has 1 aromatic carbocycles. The second-order valence-electron chi connectivity index (χ2n) is 4.61. The van der Waals surface area contributed by atoms with Crippen LogP contribution >= 0.6 is 0 Å². The topological polar surface area (TPSA) is 62.5 Å². The predicted molar refractivity (Wildman–Crippen MR) is 76.3 cm³/mol. The molecule has 2 aromatic rings. The van der Waals surface area contributed by atoms with E-state index in [4.69, 9.17) is 0 Å². The third kappa shape index (κ3) is 2.30. The average Bonchev–Trinajstić information content (AvgIpc) is 2.77. The molecule has 0 aliphatic heterocycles. The fourth-order valence-electron chi connectivity index (χ4n) is 2.06. The Hall–Kier alpha value is -2.56. The van der Waals surface area contributed by atoms with Gasteiger partial charge in [-0.25, -0.2) is 4.79 Å². The fourth-order valence-corrected chi connectivity index (χ4v) is 2.06. The Morgan fingerprint density at radius 1 is 1.15 bits per heavy atom. The number of carboxylic acids is 1. The quantitative estimate of drug-likeness (QED) is 0.932. The highest BCUT2D eigenvalue weighted by Crippen LogP contribution is 2.21. The lowest BCUT2D eigenvalue weighted by molar-refractivity contribution is 0.0697. The number of amides is 1. The first-order valence-corrected chi connectivity index (χ1v) is 6.16. The maximum atomic E-state index is 12.5. The zero-order chi connectivity index (χ0) is 14.9. The summed E-state index contributed by atoms with van der Waals surface area (Å²) in [6.45, 7) is 1.90. The van der Waals surface area contributed by atoms with E-state index in [9.17, 15) is 14.7 Å². The van der Waals surface area contributed by atoms with Crippen molar-refractivity contribution in [3.63, 3.8) is 0 Å². The molecule has 0 radical (unpaired) electrons. The van der Waals surface area contributed by atoms with Crippen molar-refractivity contribution >= 4 is 17.6 Å². The number of aryl methyl sites for hydroxylation is 1. The lowest BCUT2D eigenvalue weighted by Crippen LogP contribution is -2.29. The molecule has 0 spiro atoms. The largest absolute Gasteiger partial charge is 0.478 e. The van der Waals surface area contributed by atoms with Gasteiger partial charge in [0.25, 0.3) is 5.91 Å². The first kappa shape index (κ1) is 13.9. The summed E-state index contributed by atoms with van der Waals surface area (Å²) >= 11 is 0. The van der Waals surface area contributed by atoms with Crippen LogP contribution in [0.3, 0.4) is 0 Å². The van der Waals surface area contributed by atoms with Crippen LogP contribution in [0, 0.1) is 6.92 Å². The second kappa shape index (κ2) is 5.21. The number of anilines is 1. The summed E-state index contributed by atoms with van der Waals surface area (Å²) in [4.78, 5) is 25.0. The maximum absolute atomic E-state index is 12.5. The minimum absolute atomic E-state index is 0.106. The molecule has 1 N–H and O–H groups in total. The molecule has 0 aliphatic carbocycles. The number of para-hydroxylation sites is 1. The molecule has 1 heterocycles. The Balaban J connectivity index is 2.42. The number of aromatic nitrogens is 1. The molecule has 0 saturated heterocycles. The van der Waals surface area contributed by atoms with Gasteiger partial charge in [0.2, 0.25) is 0 Å². The highest BCUT2D eigenvalue weighted by molar-refractivity contribution is 6.08. The van der Waals surface area contributed by atoms with E-state index in [0.717, 1.165) is 5.69 Å². The first-order chi connectivity index (χ1) is 9.43. The molecule has 0 aliphatic rings. The van der Waals surface area contributed by atoms with Crippen molar-refractivity contribution in [1.29, 1.82) is 0 Å². The molecular formula is C15H16N2O3. The van der Waals surface area contributed by atoms with Gasteiger partial charge in [-0.15, -0.1) is 0 Å². The first-order valence-electron chi connectivity index (χ1n) is 6.16. The van der Waals surface area contributed by atoms with Gasteiger partial charge in [0.15, 0.2) is 0 Å². The summed E-state index contributed by atoms with van der Waals surface area (Å²) in [6, 6.07) is 10.0. The van der Waals surface area contributed by atoms with Gasteiger partial charge in [-0.05, 0) is 31.2 Å². The number of benzene rings is 1. The SMILES string of the molecule is Cc1ccc(C(=O)N(C)c2ccccc2C(=O)O)n1C. The third-order valence-electron chi connectivity index (χ3n) is 3.39. The van der Waals surface area contributed by atoms with Gasteiger partial charge in [0.05, 0.1) is 11.3 Å². The van der Waals surface area contributed by atoms with Crippen LogP contribution < -0.4 is 4.90 Å². The smallest absolute Gasteiger partial charge is 0.337 e. The van der Waals surface area contributed by atoms with Gasteiger partial charge in [0, 0.05) is 19.8 Å². The molecule has 0 atom stereocenters. The van der Waals surface area contributed by atoms with Crippen LogP contribution in [0.1, 0.15) is 26.5 Å². The molecule has 0 bridgehead atoms. The summed E-state index contributed by atoms with van der Waals surface area (Å²) in [5, 5.41) is 9.18. The fraction of sp³-hybridized carbons (Fsp3) is 0.200. The number of hydrogen-bond acceptors (Lipinski definition) is 2. The molecule has 0 unspecified atom stereocenters. The Morgan fingerprint density at radius 2 is 1.80 bits per heavy atom. The van der Waals surface area contributed by atoms with Crippen LogP contribution in [0.15, 0.2) is 36.4 Å². The molecule has 20 heavy (non-hydrogen) atoms. The summed E-state index contributed by atoms with van der Waals surface area (Å²) in [5.41, 5.74) is 1.97. The van der Waals surface area contributed by atoms with E-state index in [2.05, 4.69) is 0 Å². The van der Waals surface area contributed by atoms with Gasteiger partial charge < -0.3 is 14.6 Å². The van der Waals surface area contributed by atoms with Crippen LogP contribution in [0.25, 0.3) is 0 Å². The number of carbonyl (C=O) groups excluding carboxylic acids is 1. The Labute approximate surface area is 117 Å². The van der Waals surface area contributed by atoms with Gasteiger partial charge in [-0.3, -0.25) is 4.79 Å². The minimum Gasteiger partial charge on any atom is -0.478 e. The van der Waals surface area contributed by atoms with E-state index in [1.54, 1.807) is 42.9 Å². The normalized spacial score (nSPS) is 10.3. The number of hydrogen-bond donors (Lipinski definition) is 1. The van der Waals surface area contributed by atoms with Crippen LogP contribution in [-0.4, -0.2) is 28.6 Å². The van der Waals surface area contributed by atoms with Crippen LogP contribution in [0.2, 0.25) is 0 Å². The zero-order valence-corrected chi connectivity index (χ0v) is 11.6. The average molecular weight is 272 g/mol. The lowest BCUT2D eigenvalue weighted by Gasteiger charge is -2.19. The van der Waals surface area contributed by atoms with E-state index in [1.165, 1.54) is 11.0 Å². The lowest BCUT2D eigenvalue weighted by atomic mass is 10.1. The number of aromatic carboxylic acids is 1. The molecule has 104 valence electrons. The molecule has 2 rings (SSSR count). The van der Waals surface area contributed by atoms with E-state index in [-0.39, 0.29) is 11.5 Å².